The monoisotopic (exact) mass is 339 g/mol. The first kappa shape index (κ1) is 16.8. The van der Waals surface area contributed by atoms with Gasteiger partial charge in [0.15, 0.2) is 5.82 Å². The van der Waals surface area contributed by atoms with E-state index in [1.54, 1.807) is 7.11 Å². The molecule has 1 aromatic heterocycles. The number of para-hydroxylation sites is 1. The summed E-state index contributed by atoms with van der Waals surface area (Å²) in [4.78, 5) is 11.9. The third kappa shape index (κ3) is 3.72. The van der Waals surface area contributed by atoms with Gasteiger partial charge in [0.25, 0.3) is 0 Å². The molecule has 0 bridgehead atoms. The van der Waals surface area contributed by atoms with Gasteiger partial charge in [0.2, 0.25) is 0 Å². The van der Waals surface area contributed by atoms with Crippen molar-refractivity contribution in [3.8, 4) is 16.9 Å². The first-order valence-corrected chi connectivity index (χ1v) is 8.09. The van der Waals surface area contributed by atoms with Gasteiger partial charge in [0, 0.05) is 17.5 Å². The van der Waals surface area contributed by atoms with Gasteiger partial charge in [-0.25, -0.2) is 4.79 Å². The fourth-order valence-electron chi connectivity index (χ4n) is 2.62. The van der Waals surface area contributed by atoms with Crippen molar-refractivity contribution >= 4 is 22.8 Å². The summed E-state index contributed by atoms with van der Waals surface area (Å²) in [7, 11) is 1.65. The molecule has 0 radical (unpaired) electrons. The van der Waals surface area contributed by atoms with Crippen LogP contribution in [0.15, 0.2) is 42.5 Å². The predicted molar refractivity (Wildman–Crippen MR) is 98.8 cm³/mol. The number of nitrogens with one attached hydrogen (secondary N) is 3. The molecule has 130 valence electrons. The van der Waals surface area contributed by atoms with Crippen LogP contribution in [-0.2, 0) is 0 Å². The second-order valence-corrected chi connectivity index (χ2v) is 5.56. The Morgan fingerprint density at radius 1 is 1.28 bits per heavy atom. The maximum absolute atomic E-state index is 11.9. The molecule has 25 heavy (non-hydrogen) atoms. The van der Waals surface area contributed by atoms with E-state index in [1.807, 2.05) is 42.5 Å². The second kappa shape index (κ2) is 7.67. The lowest BCUT2D eigenvalue weighted by Crippen LogP contribution is -2.30. The fourth-order valence-corrected chi connectivity index (χ4v) is 2.62. The number of aromatic amines is 1. The number of nitrogens with zero attached hydrogens (tertiary/aromatic N) is 1. The van der Waals surface area contributed by atoms with Crippen LogP contribution in [0.5, 0.6) is 5.75 Å². The van der Waals surface area contributed by atoms with Crippen LogP contribution in [0.3, 0.4) is 0 Å². The van der Waals surface area contributed by atoms with Crippen LogP contribution >= 0.6 is 0 Å². The Morgan fingerprint density at radius 3 is 2.92 bits per heavy atom. The Hall–Kier alpha value is -3.06. The number of benzene rings is 2. The van der Waals surface area contributed by atoms with Crippen molar-refractivity contribution in [2.45, 2.75) is 6.42 Å². The molecule has 0 aliphatic rings. The number of methoxy groups -OCH3 is 1. The first-order valence-electron chi connectivity index (χ1n) is 8.09. The molecule has 2 aromatic carbocycles. The highest BCUT2D eigenvalue weighted by molar-refractivity contribution is 6.00. The first-order chi connectivity index (χ1) is 12.2. The summed E-state index contributed by atoms with van der Waals surface area (Å²) in [6, 6.07) is 13.4. The normalized spacial score (nSPS) is 10.6. The maximum Gasteiger partial charge on any atom is 0.320 e. The van der Waals surface area contributed by atoms with E-state index in [0.29, 0.717) is 18.9 Å². The van der Waals surface area contributed by atoms with Crippen molar-refractivity contribution in [1.29, 1.82) is 0 Å². The number of hydrogen-bond donors (Lipinski definition) is 4. The van der Waals surface area contributed by atoms with E-state index in [-0.39, 0.29) is 6.03 Å². The van der Waals surface area contributed by atoms with Gasteiger partial charge >= 0.3 is 6.03 Å². The van der Waals surface area contributed by atoms with Crippen LogP contribution in [0.1, 0.15) is 6.42 Å². The summed E-state index contributed by atoms with van der Waals surface area (Å²) in [5, 5.41) is 13.5. The zero-order valence-corrected chi connectivity index (χ0v) is 14.0. The van der Waals surface area contributed by atoms with Crippen molar-refractivity contribution in [3.63, 3.8) is 0 Å². The lowest BCUT2D eigenvalue weighted by molar-refractivity contribution is 0.252. The van der Waals surface area contributed by atoms with Gasteiger partial charge < -0.3 is 15.8 Å². The standard InChI is InChI=1S/C18H21N5O2/c1-25-16-6-3-2-5-13(16)12-7-8-14-15(11-12)22-23-17(14)21-18(24)20-10-4-9-19/h2-3,5-8,11H,4,9-10,19H2,1H3,(H3,20,21,22,23,24). The largest absolute Gasteiger partial charge is 0.496 e. The van der Waals surface area contributed by atoms with Gasteiger partial charge in [-0.05, 0) is 36.7 Å². The van der Waals surface area contributed by atoms with Crippen LogP contribution in [0.25, 0.3) is 22.0 Å². The Kier molecular flexibility index (Phi) is 5.15. The van der Waals surface area contributed by atoms with Crippen molar-refractivity contribution in [1.82, 2.24) is 15.5 Å². The Labute approximate surface area is 145 Å². The minimum absolute atomic E-state index is 0.296. The van der Waals surface area contributed by atoms with E-state index in [1.165, 1.54) is 0 Å². The van der Waals surface area contributed by atoms with Gasteiger partial charge in [-0.2, -0.15) is 5.10 Å². The van der Waals surface area contributed by atoms with Crippen LogP contribution in [0, 0.1) is 0 Å². The highest BCUT2D eigenvalue weighted by Gasteiger charge is 2.11. The maximum atomic E-state index is 11.9. The number of anilines is 1. The molecule has 0 spiro atoms. The molecule has 7 heteroatoms. The number of carbonyl (C=O) groups is 1. The SMILES string of the molecule is COc1ccccc1-c1ccc2c(NC(=O)NCCCN)n[nH]c2c1. The lowest BCUT2D eigenvalue weighted by Gasteiger charge is -2.08. The van der Waals surface area contributed by atoms with E-state index in [4.69, 9.17) is 10.5 Å². The van der Waals surface area contributed by atoms with E-state index in [0.717, 1.165) is 34.2 Å². The average Bonchev–Trinajstić information content (AvgIpc) is 3.04. The van der Waals surface area contributed by atoms with E-state index < -0.39 is 0 Å². The Balaban J connectivity index is 1.83. The summed E-state index contributed by atoms with van der Waals surface area (Å²) in [5.74, 6) is 1.30. The number of amides is 2. The van der Waals surface area contributed by atoms with Crippen LogP contribution in [0.2, 0.25) is 0 Å². The quantitative estimate of drug-likeness (QED) is 0.518. The summed E-state index contributed by atoms with van der Waals surface area (Å²) < 4.78 is 5.42. The molecule has 7 nitrogen and oxygen atoms in total. The number of ether oxygens (including phenoxy) is 1. The Morgan fingerprint density at radius 2 is 2.12 bits per heavy atom. The number of fused-ring (bicyclic) bond motifs is 1. The topological polar surface area (TPSA) is 105 Å². The van der Waals surface area contributed by atoms with Crippen molar-refractivity contribution in [2.24, 2.45) is 5.73 Å². The third-order valence-electron chi connectivity index (χ3n) is 3.88. The summed E-state index contributed by atoms with van der Waals surface area (Å²) >= 11 is 0. The second-order valence-electron chi connectivity index (χ2n) is 5.56. The lowest BCUT2D eigenvalue weighted by atomic mass is 10.0. The number of urea groups is 1. The third-order valence-corrected chi connectivity index (χ3v) is 3.88. The Bertz CT molecular complexity index is 875. The number of aromatic nitrogens is 2. The molecule has 1 heterocycles. The molecule has 0 fully saturated rings. The van der Waals surface area contributed by atoms with Crippen molar-refractivity contribution in [3.05, 3.63) is 42.5 Å². The minimum atomic E-state index is -0.296. The highest BCUT2D eigenvalue weighted by Crippen LogP contribution is 2.32. The minimum Gasteiger partial charge on any atom is -0.496 e. The van der Waals surface area contributed by atoms with E-state index in [2.05, 4.69) is 20.8 Å². The molecule has 5 N–H and O–H groups in total. The van der Waals surface area contributed by atoms with E-state index in [9.17, 15) is 4.79 Å². The van der Waals surface area contributed by atoms with Crippen LogP contribution < -0.4 is 21.1 Å². The molecule has 0 aliphatic carbocycles. The van der Waals surface area contributed by atoms with Crippen molar-refractivity contribution < 1.29 is 9.53 Å². The molecule has 0 saturated heterocycles. The predicted octanol–water partition coefficient (Wildman–Crippen LogP) is 2.71. The smallest absolute Gasteiger partial charge is 0.320 e. The molecule has 0 aliphatic heterocycles. The molecule has 3 aromatic rings. The molecular formula is C18H21N5O2. The number of rotatable bonds is 6. The number of H-pyrrole nitrogens is 1. The molecule has 3 rings (SSSR count). The molecular weight excluding hydrogens is 318 g/mol. The molecule has 2 amide bonds. The summed E-state index contributed by atoms with van der Waals surface area (Å²) in [6.45, 7) is 1.07. The van der Waals surface area contributed by atoms with Crippen LogP contribution in [-0.4, -0.2) is 36.4 Å². The molecule has 0 atom stereocenters. The van der Waals surface area contributed by atoms with Gasteiger partial charge in [0.1, 0.15) is 5.75 Å². The van der Waals surface area contributed by atoms with E-state index >= 15 is 0 Å². The number of hydrogen-bond acceptors (Lipinski definition) is 4. The summed E-state index contributed by atoms with van der Waals surface area (Å²) in [5.41, 5.74) is 8.25. The molecule has 0 saturated carbocycles. The summed E-state index contributed by atoms with van der Waals surface area (Å²) in [6.07, 6.45) is 0.733. The zero-order chi connectivity index (χ0) is 17.6. The molecule has 0 unspecified atom stereocenters. The average molecular weight is 339 g/mol. The number of nitrogens with two attached hydrogens (primary N) is 1. The van der Waals surface area contributed by atoms with Gasteiger partial charge in [-0.1, -0.05) is 24.3 Å². The van der Waals surface area contributed by atoms with Gasteiger partial charge in [-0.15, -0.1) is 0 Å². The highest BCUT2D eigenvalue weighted by atomic mass is 16.5. The zero-order valence-electron chi connectivity index (χ0n) is 14.0. The van der Waals surface area contributed by atoms with Gasteiger partial charge in [0.05, 0.1) is 12.6 Å². The van der Waals surface area contributed by atoms with Crippen LogP contribution in [0.4, 0.5) is 10.6 Å². The fraction of sp³-hybridized carbons (Fsp3) is 0.222. The van der Waals surface area contributed by atoms with Gasteiger partial charge in [-0.3, -0.25) is 10.4 Å². The van der Waals surface area contributed by atoms with Crippen molar-refractivity contribution in [2.75, 3.05) is 25.5 Å². The number of carbonyl (C=O) groups excluding carboxylic acids is 1.